The number of methoxy groups -OCH3 is 2. The lowest BCUT2D eigenvalue weighted by Gasteiger charge is -1.97. The zero-order valence-corrected chi connectivity index (χ0v) is 16.8. The number of fused-ring (bicyclic) bond motifs is 2. The van der Waals surface area contributed by atoms with E-state index in [1.807, 2.05) is 36.4 Å². The summed E-state index contributed by atoms with van der Waals surface area (Å²) < 4.78 is 13.7. The Kier molecular flexibility index (Phi) is 5.73. The van der Waals surface area contributed by atoms with Crippen molar-refractivity contribution in [2.75, 3.05) is 14.2 Å². The Labute approximate surface area is 161 Å². The van der Waals surface area contributed by atoms with E-state index in [-0.39, 0.29) is 0 Å². The molecule has 25 heavy (non-hydrogen) atoms. The number of aldehydes is 1. The van der Waals surface area contributed by atoms with Gasteiger partial charge in [-0.25, -0.2) is 0 Å². The monoisotopic (exact) mass is 434 g/mol. The molecule has 0 aliphatic carbocycles. The minimum absolute atomic E-state index is 0.753. The molecule has 0 aliphatic rings. The molecule has 0 aliphatic heterocycles. The van der Waals surface area contributed by atoms with E-state index in [1.54, 1.807) is 25.6 Å². The zero-order chi connectivity index (χ0) is 17.8. The average Bonchev–Trinajstić information content (AvgIpc) is 3.22. The van der Waals surface area contributed by atoms with Crippen LogP contribution in [0.15, 0.2) is 52.3 Å². The van der Waals surface area contributed by atoms with Gasteiger partial charge in [-0.1, -0.05) is 0 Å². The van der Waals surface area contributed by atoms with Crippen LogP contribution in [0.5, 0.6) is 11.5 Å². The highest BCUT2D eigenvalue weighted by Crippen LogP contribution is 2.32. The molecule has 2 aromatic heterocycles. The number of thiophene rings is 2. The summed E-state index contributed by atoms with van der Waals surface area (Å²) in [6.45, 7) is 0. The van der Waals surface area contributed by atoms with Crippen molar-refractivity contribution in [1.82, 2.24) is 0 Å². The van der Waals surface area contributed by atoms with Crippen molar-refractivity contribution in [3.63, 3.8) is 0 Å². The molecule has 128 valence electrons. The maximum absolute atomic E-state index is 10.5. The van der Waals surface area contributed by atoms with Crippen molar-refractivity contribution in [1.29, 1.82) is 0 Å². The lowest BCUT2D eigenvalue weighted by molar-refractivity contribution is 0.112. The minimum atomic E-state index is 0.753. The number of hydrogen-bond acceptors (Lipinski definition) is 5. The van der Waals surface area contributed by atoms with Gasteiger partial charge in [-0.2, -0.15) is 0 Å². The van der Waals surface area contributed by atoms with E-state index in [0.29, 0.717) is 0 Å². The molecular formula is C19H15BrO3S2. The van der Waals surface area contributed by atoms with Crippen molar-refractivity contribution in [3.05, 3.63) is 57.2 Å². The van der Waals surface area contributed by atoms with Crippen LogP contribution in [0.4, 0.5) is 0 Å². The first-order valence-corrected chi connectivity index (χ1v) is 9.81. The van der Waals surface area contributed by atoms with Crippen LogP contribution in [-0.4, -0.2) is 20.5 Å². The van der Waals surface area contributed by atoms with Crippen molar-refractivity contribution in [2.24, 2.45) is 0 Å². The summed E-state index contributed by atoms with van der Waals surface area (Å²) in [5.74, 6) is 1.74. The zero-order valence-electron chi connectivity index (χ0n) is 13.6. The minimum Gasteiger partial charge on any atom is -0.497 e. The van der Waals surface area contributed by atoms with Crippen LogP contribution in [0, 0.1) is 0 Å². The van der Waals surface area contributed by atoms with E-state index in [9.17, 15) is 4.79 Å². The molecule has 0 atom stereocenters. The van der Waals surface area contributed by atoms with Gasteiger partial charge in [0.05, 0.1) is 22.9 Å². The highest BCUT2D eigenvalue weighted by molar-refractivity contribution is 9.11. The first-order chi connectivity index (χ1) is 12.1. The van der Waals surface area contributed by atoms with Crippen LogP contribution >= 0.6 is 38.6 Å². The summed E-state index contributed by atoms with van der Waals surface area (Å²) in [7, 11) is 3.32. The molecule has 2 aromatic carbocycles. The Balaban J connectivity index is 0.000000146. The van der Waals surface area contributed by atoms with Gasteiger partial charge in [-0.15, -0.1) is 22.7 Å². The number of rotatable bonds is 3. The Morgan fingerprint density at radius 1 is 0.840 bits per heavy atom. The summed E-state index contributed by atoms with van der Waals surface area (Å²) in [4.78, 5) is 11.3. The number of benzene rings is 2. The first kappa shape index (κ1) is 17.9. The van der Waals surface area contributed by atoms with Gasteiger partial charge in [0.2, 0.25) is 0 Å². The van der Waals surface area contributed by atoms with Crippen LogP contribution in [0.25, 0.3) is 20.2 Å². The number of ether oxygens (including phenoxy) is 2. The Morgan fingerprint density at radius 3 is 1.96 bits per heavy atom. The van der Waals surface area contributed by atoms with Crippen LogP contribution < -0.4 is 9.47 Å². The topological polar surface area (TPSA) is 35.5 Å². The van der Waals surface area contributed by atoms with E-state index in [1.165, 1.54) is 21.4 Å². The summed E-state index contributed by atoms with van der Waals surface area (Å²) in [5, 5.41) is 2.35. The van der Waals surface area contributed by atoms with Crippen molar-refractivity contribution in [2.45, 2.75) is 0 Å². The molecule has 0 radical (unpaired) electrons. The van der Waals surface area contributed by atoms with Crippen LogP contribution in [0.2, 0.25) is 0 Å². The second-order valence-electron chi connectivity index (χ2n) is 5.12. The highest BCUT2D eigenvalue weighted by atomic mass is 79.9. The third kappa shape index (κ3) is 4.21. The molecule has 6 heteroatoms. The second-order valence-corrected chi connectivity index (χ2v) is 8.70. The van der Waals surface area contributed by atoms with Crippen molar-refractivity contribution >= 4 is 65.1 Å². The largest absolute Gasteiger partial charge is 0.497 e. The van der Waals surface area contributed by atoms with Crippen molar-refractivity contribution < 1.29 is 14.3 Å². The molecule has 4 aromatic rings. The third-order valence-electron chi connectivity index (χ3n) is 3.56. The molecule has 0 fully saturated rings. The van der Waals surface area contributed by atoms with E-state index in [2.05, 4.69) is 28.1 Å². The molecule has 0 spiro atoms. The van der Waals surface area contributed by atoms with Gasteiger partial charge in [0.25, 0.3) is 0 Å². The fourth-order valence-electron chi connectivity index (χ4n) is 2.32. The van der Waals surface area contributed by atoms with Crippen molar-refractivity contribution in [3.8, 4) is 11.5 Å². The van der Waals surface area contributed by atoms with Gasteiger partial charge in [-0.05, 0) is 75.2 Å². The molecule has 4 rings (SSSR count). The van der Waals surface area contributed by atoms with Gasteiger partial charge < -0.3 is 9.47 Å². The fraction of sp³-hybridized carbons (Fsp3) is 0.105. The quantitative estimate of drug-likeness (QED) is 0.350. The predicted octanol–water partition coefficient (Wildman–Crippen LogP) is 6.39. The van der Waals surface area contributed by atoms with E-state index >= 15 is 0 Å². The smallest absolute Gasteiger partial charge is 0.160 e. The highest BCUT2D eigenvalue weighted by Gasteiger charge is 2.01. The number of carbonyl (C=O) groups excluding carboxylic acids is 1. The molecule has 3 nitrogen and oxygen atoms in total. The van der Waals surface area contributed by atoms with Gasteiger partial charge in [0.15, 0.2) is 6.29 Å². The third-order valence-corrected chi connectivity index (χ3v) is 6.18. The molecular weight excluding hydrogens is 420 g/mol. The maximum atomic E-state index is 10.5. The van der Waals surface area contributed by atoms with E-state index in [4.69, 9.17) is 9.47 Å². The normalized spacial score (nSPS) is 10.4. The molecule has 0 saturated heterocycles. The summed E-state index contributed by atoms with van der Waals surface area (Å²) in [6, 6.07) is 15.9. The summed E-state index contributed by atoms with van der Waals surface area (Å²) in [6.07, 6.45) is 0.872. The fourth-order valence-corrected chi connectivity index (χ4v) is 4.82. The molecule has 0 saturated carbocycles. The van der Waals surface area contributed by atoms with Gasteiger partial charge >= 0.3 is 0 Å². The van der Waals surface area contributed by atoms with E-state index < -0.39 is 0 Å². The van der Waals surface area contributed by atoms with Crippen LogP contribution in [0.3, 0.4) is 0 Å². The average molecular weight is 435 g/mol. The Bertz CT molecular complexity index is 1020. The SMILES string of the molecule is COc1ccc2cc(Br)sc2c1.COc1ccc2cc(C=O)sc2c1. The van der Waals surface area contributed by atoms with Gasteiger partial charge in [0, 0.05) is 9.40 Å². The second kappa shape index (κ2) is 7.99. The molecule has 0 N–H and O–H groups in total. The summed E-state index contributed by atoms with van der Waals surface area (Å²) in [5.41, 5.74) is 0. The van der Waals surface area contributed by atoms with E-state index in [0.717, 1.165) is 36.5 Å². The number of halogens is 1. The van der Waals surface area contributed by atoms with Crippen LogP contribution in [0.1, 0.15) is 9.67 Å². The van der Waals surface area contributed by atoms with Gasteiger partial charge in [0.1, 0.15) is 11.5 Å². The number of hydrogen-bond donors (Lipinski definition) is 0. The maximum Gasteiger partial charge on any atom is 0.160 e. The Morgan fingerprint density at radius 2 is 1.40 bits per heavy atom. The Hall–Kier alpha value is -1.89. The predicted molar refractivity (Wildman–Crippen MR) is 110 cm³/mol. The number of carbonyl (C=O) groups is 1. The first-order valence-electron chi connectivity index (χ1n) is 7.39. The van der Waals surface area contributed by atoms with Crippen LogP contribution in [-0.2, 0) is 0 Å². The molecule has 0 unspecified atom stereocenters. The summed E-state index contributed by atoms with van der Waals surface area (Å²) >= 11 is 6.65. The molecule has 0 amide bonds. The molecule has 0 bridgehead atoms. The lowest BCUT2D eigenvalue weighted by atomic mass is 10.2. The lowest BCUT2D eigenvalue weighted by Crippen LogP contribution is -1.79. The molecule has 2 heterocycles. The standard InChI is InChI=1S/C10H8O2S.C9H7BrOS/c1-12-8-3-2-7-4-9(6-11)13-10(7)5-8;1-11-7-3-2-6-4-9(10)12-8(6)5-7/h2-6H,1H3;2-5H,1H3. The van der Waals surface area contributed by atoms with Gasteiger partial charge in [-0.3, -0.25) is 4.79 Å².